The van der Waals surface area contributed by atoms with Crippen LogP contribution in [0.1, 0.15) is 56.3 Å². The summed E-state index contributed by atoms with van der Waals surface area (Å²) in [6.07, 6.45) is 5.46. The lowest BCUT2D eigenvalue weighted by Crippen LogP contribution is -2.23. The fourth-order valence-electron chi connectivity index (χ4n) is 3.65. The van der Waals surface area contributed by atoms with E-state index in [2.05, 4.69) is 36.6 Å². The van der Waals surface area contributed by atoms with Crippen molar-refractivity contribution in [3.05, 3.63) is 29.6 Å². The SMILES string of the molecule is Cc1ccc2nc(C(C)Cl)n(CC3CCCCC3C)c2c1. The minimum atomic E-state index is -0.0448. The minimum Gasteiger partial charge on any atom is -0.326 e. The molecular weight excluding hydrogens is 280 g/mol. The van der Waals surface area contributed by atoms with E-state index in [1.807, 2.05) is 6.92 Å². The van der Waals surface area contributed by atoms with Crippen LogP contribution < -0.4 is 0 Å². The molecule has 0 amide bonds. The first-order valence-corrected chi connectivity index (χ1v) is 8.60. The number of alkyl halides is 1. The highest BCUT2D eigenvalue weighted by atomic mass is 35.5. The van der Waals surface area contributed by atoms with Crippen LogP contribution in [0.4, 0.5) is 0 Å². The van der Waals surface area contributed by atoms with Gasteiger partial charge in [0.2, 0.25) is 0 Å². The third-order valence-electron chi connectivity index (χ3n) is 5.00. The Labute approximate surface area is 132 Å². The zero-order valence-electron chi connectivity index (χ0n) is 13.3. The van der Waals surface area contributed by atoms with Gasteiger partial charge in [0, 0.05) is 6.54 Å². The lowest BCUT2D eigenvalue weighted by Gasteiger charge is -2.30. The molecule has 3 heteroatoms. The fourth-order valence-corrected chi connectivity index (χ4v) is 3.81. The van der Waals surface area contributed by atoms with E-state index < -0.39 is 0 Å². The lowest BCUT2D eigenvalue weighted by molar-refractivity contribution is 0.228. The minimum absolute atomic E-state index is 0.0448. The average molecular weight is 305 g/mol. The monoisotopic (exact) mass is 304 g/mol. The van der Waals surface area contributed by atoms with Gasteiger partial charge in [-0.25, -0.2) is 4.98 Å². The Morgan fingerprint density at radius 3 is 2.81 bits per heavy atom. The van der Waals surface area contributed by atoms with E-state index in [9.17, 15) is 0 Å². The summed E-state index contributed by atoms with van der Waals surface area (Å²) < 4.78 is 2.38. The maximum atomic E-state index is 6.39. The molecule has 0 spiro atoms. The van der Waals surface area contributed by atoms with E-state index in [4.69, 9.17) is 16.6 Å². The standard InChI is InChI=1S/C18H25ClN2/c1-12-8-9-16-17(10-12)21(18(20-16)14(3)19)11-15-7-5-4-6-13(15)2/h8-10,13-15H,4-7,11H2,1-3H3. The Kier molecular flexibility index (Phi) is 4.26. The quantitative estimate of drug-likeness (QED) is 0.687. The van der Waals surface area contributed by atoms with Gasteiger partial charge in [0.1, 0.15) is 5.82 Å². The summed E-state index contributed by atoms with van der Waals surface area (Å²) in [5, 5.41) is -0.0448. The Bertz CT molecular complexity index is 629. The second kappa shape index (κ2) is 6.00. The molecule has 0 saturated heterocycles. The Balaban J connectivity index is 2.02. The highest BCUT2D eigenvalue weighted by molar-refractivity contribution is 6.20. The third-order valence-corrected chi connectivity index (χ3v) is 5.19. The molecule has 114 valence electrons. The molecule has 3 rings (SSSR count). The Hall–Kier alpha value is -1.02. The smallest absolute Gasteiger partial charge is 0.127 e. The lowest BCUT2D eigenvalue weighted by atomic mass is 9.80. The van der Waals surface area contributed by atoms with Gasteiger partial charge in [-0.2, -0.15) is 0 Å². The van der Waals surface area contributed by atoms with Crippen molar-refractivity contribution in [2.24, 2.45) is 11.8 Å². The summed E-state index contributed by atoms with van der Waals surface area (Å²) in [7, 11) is 0. The first kappa shape index (κ1) is 14.9. The molecule has 0 N–H and O–H groups in total. The molecule has 1 heterocycles. The maximum Gasteiger partial charge on any atom is 0.127 e. The molecule has 1 aliphatic carbocycles. The Morgan fingerprint density at radius 2 is 2.10 bits per heavy atom. The van der Waals surface area contributed by atoms with Gasteiger partial charge < -0.3 is 4.57 Å². The molecule has 1 fully saturated rings. The summed E-state index contributed by atoms with van der Waals surface area (Å²) in [4.78, 5) is 4.77. The van der Waals surface area contributed by atoms with Gasteiger partial charge in [-0.15, -0.1) is 11.6 Å². The predicted molar refractivity (Wildman–Crippen MR) is 89.9 cm³/mol. The number of nitrogens with zero attached hydrogens (tertiary/aromatic N) is 2. The molecule has 21 heavy (non-hydrogen) atoms. The molecule has 2 nitrogen and oxygen atoms in total. The average Bonchev–Trinajstić information content (AvgIpc) is 2.80. The number of rotatable bonds is 3. The van der Waals surface area contributed by atoms with Gasteiger partial charge >= 0.3 is 0 Å². The van der Waals surface area contributed by atoms with Crippen LogP contribution in [0, 0.1) is 18.8 Å². The molecule has 1 aromatic carbocycles. The van der Waals surface area contributed by atoms with E-state index in [0.717, 1.165) is 29.7 Å². The van der Waals surface area contributed by atoms with Gasteiger partial charge in [0.15, 0.2) is 0 Å². The van der Waals surface area contributed by atoms with Crippen LogP contribution in [0.3, 0.4) is 0 Å². The summed E-state index contributed by atoms with van der Waals surface area (Å²) >= 11 is 6.39. The topological polar surface area (TPSA) is 17.8 Å². The molecule has 3 unspecified atom stereocenters. The molecular formula is C18H25ClN2. The number of halogens is 1. The molecule has 1 aromatic heterocycles. The summed E-state index contributed by atoms with van der Waals surface area (Å²) in [5.41, 5.74) is 3.61. The second-order valence-electron chi connectivity index (χ2n) is 6.71. The van der Waals surface area contributed by atoms with Crippen molar-refractivity contribution in [3.63, 3.8) is 0 Å². The van der Waals surface area contributed by atoms with E-state index in [1.165, 1.54) is 36.8 Å². The van der Waals surface area contributed by atoms with Gasteiger partial charge in [-0.1, -0.05) is 32.3 Å². The van der Waals surface area contributed by atoms with Crippen molar-refractivity contribution in [1.82, 2.24) is 9.55 Å². The van der Waals surface area contributed by atoms with E-state index in [-0.39, 0.29) is 5.38 Å². The van der Waals surface area contributed by atoms with Gasteiger partial charge in [0.25, 0.3) is 0 Å². The van der Waals surface area contributed by atoms with Crippen molar-refractivity contribution in [1.29, 1.82) is 0 Å². The number of fused-ring (bicyclic) bond motifs is 1. The molecule has 0 aliphatic heterocycles. The largest absolute Gasteiger partial charge is 0.326 e. The molecule has 1 aliphatic rings. The molecule has 0 radical (unpaired) electrons. The normalized spacial score (nSPS) is 24.4. The van der Waals surface area contributed by atoms with E-state index >= 15 is 0 Å². The number of benzene rings is 1. The summed E-state index contributed by atoms with van der Waals surface area (Å²) in [6, 6.07) is 6.50. The van der Waals surface area contributed by atoms with Crippen LogP contribution in [-0.2, 0) is 6.54 Å². The predicted octanol–water partition coefficient (Wildman–Crippen LogP) is 5.47. The summed E-state index contributed by atoms with van der Waals surface area (Å²) in [5.74, 6) is 2.58. The molecule has 1 saturated carbocycles. The van der Waals surface area contributed by atoms with Gasteiger partial charge in [-0.05, 0) is 49.8 Å². The van der Waals surface area contributed by atoms with E-state index in [0.29, 0.717) is 0 Å². The highest BCUT2D eigenvalue weighted by Gasteiger charge is 2.24. The van der Waals surface area contributed by atoms with Crippen LogP contribution >= 0.6 is 11.6 Å². The maximum absolute atomic E-state index is 6.39. The first-order chi connectivity index (χ1) is 10.1. The van der Waals surface area contributed by atoms with Crippen molar-refractivity contribution >= 4 is 22.6 Å². The number of hydrogen-bond donors (Lipinski definition) is 0. The number of imidazole rings is 1. The van der Waals surface area contributed by atoms with Crippen molar-refractivity contribution < 1.29 is 0 Å². The van der Waals surface area contributed by atoms with Crippen molar-refractivity contribution in [2.75, 3.05) is 0 Å². The third kappa shape index (κ3) is 2.96. The summed E-state index contributed by atoms with van der Waals surface area (Å²) in [6.45, 7) is 7.63. The molecule has 3 atom stereocenters. The number of aromatic nitrogens is 2. The molecule has 0 bridgehead atoms. The number of hydrogen-bond acceptors (Lipinski definition) is 1. The zero-order chi connectivity index (χ0) is 15.0. The van der Waals surface area contributed by atoms with Crippen LogP contribution in [-0.4, -0.2) is 9.55 Å². The highest BCUT2D eigenvalue weighted by Crippen LogP contribution is 2.33. The second-order valence-corrected chi connectivity index (χ2v) is 7.37. The van der Waals surface area contributed by atoms with Crippen molar-refractivity contribution in [3.8, 4) is 0 Å². The zero-order valence-corrected chi connectivity index (χ0v) is 14.0. The van der Waals surface area contributed by atoms with Crippen molar-refractivity contribution in [2.45, 2.75) is 58.4 Å². The fraction of sp³-hybridized carbons (Fsp3) is 0.611. The van der Waals surface area contributed by atoms with Crippen LogP contribution in [0.25, 0.3) is 11.0 Å². The Morgan fingerprint density at radius 1 is 1.33 bits per heavy atom. The molecule has 2 aromatic rings. The number of aryl methyl sites for hydroxylation is 1. The van der Waals surface area contributed by atoms with Crippen LogP contribution in [0.2, 0.25) is 0 Å². The first-order valence-electron chi connectivity index (χ1n) is 8.17. The van der Waals surface area contributed by atoms with Gasteiger partial charge in [0.05, 0.1) is 16.4 Å². The van der Waals surface area contributed by atoms with Crippen LogP contribution in [0.5, 0.6) is 0 Å². The van der Waals surface area contributed by atoms with Crippen LogP contribution in [0.15, 0.2) is 18.2 Å². The van der Waals surface area contributed by atoms with E-state index in [1.54, 1.807) is 0 Å². The van der Waals surface area contributed by atoms with Gasteiger partial charge in [-0.3, -0.25) is 0 Å².